The van der Waals surface area contributed by atoms with Crippen molar-refractivity contribution in [2.45, 2.75) is 38.3 Å². The van der Waals surface area contributed by atoms with E-state index >= 15 is 0 Å². The van der Waals surface area contributed by atoms with E-state index in [-0.39, 0.29) is 0 Å². The standard InChI is InChI=1S/C12H17NO/c1-3-9-7-11(9)12(5-1)13-8-10-4-2-6-14-10/h2,4,6,9,11-13H,1,3,5,7-8H2. The van der Waals surface area contributed by atoms with Gasteiger partial charge in [-0.2, -0.15) is 0 Å². The van der Waals surface area contributed by atoms with Crippen LogP contribution in [-0.2, 0) is 6.54 Å². The molecule has 2 fully saturated rings. The van der Waals surface area contributed by atoms with Gasteiger partial charge in [0.1, 0.15) is 5.76 Å². The summed E-state index contributed by atoms with van der Waals surface area (Å²) in [5.41, 5.74) is 0. The Morgan fingerprint density at radius 2 is 2.43 bits per heavy atom. The Hall–Kier alpha value is -0.760. The highest BCUT2D eigenvalue weighted by atomic mass is 16.3. The van der Waals surface area contributed by atoms with Gasteiger partial charge in [0, 0.05) is 6.04 Å². The molecule has 1 aromatic heterocycles. The molecule has 0 bridgehead atoms. The first-order valence-electron chi connectivity index (χ1n) is 5.69. The Morgan fingerprint density at radius 1 is 1.43 bits per heavy atom. The first kappa shape index (κ1) is 8.54. The molecule has 2 saturated carbocycles. The lowest BCUT2D eigenvalue weighted by molar-refractivity contribution is 0.339. The van der Waals surface area contributed by atoms with E-state index < -0.39 is 0 Å². The normalized spacial score (nSPS) is 35.3. The molecule has 0 saturated heterocycles. The first-order valence-corrected chi connectivity index (χ1v) is 5.69. The van der Waals surface area contributed by atoms with Crippen molar-refractivity contribution in [1.29, 1.82) is 0 Å². The van der Waals surface area contributed by atoms with E-state index in [0.717, 1.165) is 30.2 Å². The van der Waals surface area contributed by atoms with Gasteiger partial charge in [-0.15, -0.1) is 0 Å². The largest absolute Gasteiger partial charge is 0.468 e. The van der Waals surface area contributed by atoms with Crippen molar-refractivity contribution in [2.24, 2.45) is 11.8 Å². The van der Waals surface area contributed by atoms with Gasteiger partial charge in [-0.05, 0) is 36.8 Å². The van der Waals surface area contributed by atoms with Crippen LogP contribution in [0.4, 0.5) is 0 Å². The van der Waals surface area contributed by atoms with Crippen molar-refractivity contribution in [1.82, 2.24) is 5.32 Å². The molecule has 0 amide bonds. The SMILES string of the molecule is c1coc(CNC2CCCC3CC32)c1. The number of rotatable bonds is 3. The van der Waals surface area contributed by atoms with E-state index in [4.69, 9.17) is 4.42 Å². The van der Waals surface area contributed by atoms with Crippen LogP contribution in [-0.4, -0.2) is 6.04 Å². The van der Waals surface area contributed by atoms with Gasteiger partial charge in [-0.3, -0.25) is 0 Å². The van der Waals surface area contributed by atoms with Gasteiger partial charge in [0.15, 0.2) is 0 Å². The molecular weight excluding hydrogens is 174 g/mol. The molecule has 0 aromatic carbocycles. The summed E-state index contributed by atoms with van der Waals surface area (Å²) in [6, 6.07) is 4.76. The van der Waals surface area contributed by atoms with Gasteiger partial charge in [0.2, 0.25) is 0 Å². The fourth-order valence-electron chi connectivity index (χ4n) is 2.81. The minimum absolute atomic E-state index is 0.763. The smallest absolute Gasteiger partial charge is 0.117 e. The van der Waals surface area contributed by atoms with Gasteiger partial charge in [-0.25, -0.2) is 0 Å². The van der Waals surface area contributed by atoms with E-state index in [2.05, 4.69) is 5.32 Å². The van der Waals surface area contributed by atoms with Crippen LogP contribution >= 0.6 is 0 Å². The molecule has 3 rings (SSSR count). The minimum Gasteiger partial charge on any atom is -0.468 e. The van der Waals surface area contributed by atoms with Gasteiger partial charge >= 0.3 is 0 Å². The predicted molar refractivity (Wildman–Crippen MR) is 54.8 cm³/mol. The maximum Gasteiger partial charge on any atom is 0.117 e. The van der Waals surface area contributed by atoms with Crippen LogP contribution in [0.3, 0.4) is 0 Å². The van der Waals surface area contributed by atoms with Crippen LogP contribution in [0, 0.1) is 11.8 Å². The maximum absolute atomic E-state index is 5.31. The van der Waals surface area contributed by atoms with Crippen LogP contribution < -0.4 is 5.32 Å². The third-order valence-electron chi connectivity index (χ3n) is 3.70. The quantitative estimate of drug-likeness (QED) is 0.794. The van der Waals surface area contributed by atoms with Crippen LogP contribution in [0.2, 0.25) is 0 Å². The lowest BCUT2D eigenvalue weighted by Gasteiger charge is -2.22. The zero-order valence-electron chi connectivity index (χ0n) is 8.41. The van der Waals surface area contributed by atoms with Crippen LogP contribution in [0.1, 0.15) is 31.4 Å². The summed E-state index contributed by atoms with van der Waals surface area (Å²) in [7, 11) is 0. The lowest BCUT2D eigenvalue weighted by Crippen LogP contribution is -2.32. The van der Waals surface area contributed by atoms with Crippen molar-refractivity contribution in [3.63, 3.8) is 0 Å². The molecule has 2 aliphatic rings. The maximum atomic E-state index is 5.31. The molecule has 0 spiro atoms. The second-order valence-electron chi connectivity index (χ2n) is 4.66. The molecule has 3 atom stereocenters. The van der Waals surface area contributed by atoms with Gasteiger partial charge in [0.25, 0.3) is 0 Å². The zero-order chi connectivity index (χ0) is 9.38. The summed E-state index contributed by atoms with van der Waals surface area (Å²) >= 11 is 0. The molecular formula is C12H17NO. The van der Waals surface area contributed by atoms with Crippen LogP contribution in [0.15, 0.2) is 22.8 Å². The van der Waals surface area contributed by atoms with E-state index in [0.29, 0.717) is 0 Å². The average molecular weight is 191 g/mol. The summed E-state index contributed by atoms with van der Waals surface area (Å²) in [5, 5.41) is 3.62. The van der Waals surface area contributed by atoms with E-state index in [9.17, 15) is 0 Å². The Bertz CT molecular complexity index is 293. The van der Waals surface area contributed by atoms with Crippen molar-refractivity contribution in [2.75, 3.05) is 0 Å². The third-order valence-corrected chi connectivity index (χ3v) is 3.70. The molecule has 76 valence electrons. The first-order chi connectivity index (χ1) is 6.93. The highest BCUT2D eigenvalue weighted by Crippen LogP contribution is 2.49. The molecule has 2 nitrogen and oxygen atoms in total. The van der Waals surface area contributed by atoms with Crippen molar-refractivity contribution < 1.29 is 4.42 Å². The second-order valence-corrected chi connectivity index (χ2v) is 4.66. The number of hydrogen-bond acceptors (Lipinski definition) is 2. The predicted octanol–water partition coefficient (Wildman–Crippen LogP) is 2.56. The summed E-state index contributed by atoms with van der Waals surface area (Å²) in [5.74, 6) is 3.10. The Labute approximate surface area is 84.7 Å². The molecule has 3 unspecified atom stereocenters. The summed E-state index contributed by atoms with van der Waals surface area (Å²) in [4.78, 5) is 0. The molecule has 0 aliphatic heterocycles. The van der Waals surface area contributed by atoms with Gasteiger partial charge in [0.05, 0.1) is 12.8 Å². The molecule has 1 aromatic rings. The summed E-state index contributed by atoms with van der Waals surface area (Å²) < 4.78 is 5.31. The Balaban J connectivity index is 1.52. The monoisotopic (exact) mass is 191 g/mol. The number of hydrogen-bond donors (Lipinski definition) is 1. The summed E-state index contributed by atoms with van der Waals surface area (Å²) in [6.45, 7) is 0.904. The fourth-order valence-corrected chi connectivity index (χ4v) is 2.81. The van der Waals surface area contributed by atoms with E-state index in [1.165, 1.54) is 25.7 Å². The van der Waals surface area contributed by atoms with Crippen molar-refractivity contribution in [3.8, 4) is 0 Å². The molecule has 1 N–H and O–H groups in total. The number of furan rings is 1. The molecule has 0 radical (unpaired) electrons. The zero-order valence-corrected chi connectivity index (χ0v) is 8.41. The lowest BCUT2D eigenvalue weighted by atomic mass is 9.95. The number of fused-ring (bicyclic) bond motifs is 1. The molecule has 2 heteroatoms. The van der Waals surface area contributed by atoms with Crippen molar-refractivity contribution >= 4 is 0 Å². The van der Waals surface area contributed by atoms with Crippen LogP contribution in [0.25, 0.3) is 0 Å². The van der Waals surface area contributed by atoms with Crippen LogP contribution in [0.5, 0.6) is 0 Å². The Kier molecular flexibility index (Phi) is 2.09. The summed E-state index contributed by atoms with van der Waals surface area (Å²) in [6.07, 6.45) is 7.47. The highest BCUT2D eigenvalue weighted by Gasteiger charge is 2.44. The second kappa shape index (κ2) is 3.43. The topological polar surface area (TPSA) is 25.2 Å². The molecule has 1 heterocycles. The van der Waals surface area contributed by atoms with Gasteiger partial charge < -0.3 is 9.73 Å². The molecule has 14 heavy (non-hydrogen) atoms. The number of nitrogens with one attached hydrogen (secondary N) is 1. The minimum atomic E-state index is 0.763. The van der Waals surface area contributed by atoms with E-state index in [1.54, 1.807) is 6.26 Å². The van der Waals surface area contributed by atoms with Crippen molar-refractivity contribution in [3.05, 3.63) is 24.2 Å². The van der Waals surface area contributed by atoms with Gasteiger partial charge in [-0.1, -0.05) is 12.8 Å². The van der Waals surface area contributed by atoms with E-state index in [1.807, 2.05) is 12.1 Å². The Morgan fingerprint density at radius 3 is 3.29 bits per heavy atom. The highest BCUT2D eigenvalue weighted by molar-refractivity contribution is 5.01. The average Bonchev–Trinajstić information content (AvgIpc) is 2.83. The fraction of sp³-hybridized carbons (Fsp3) is 0.667. The molecule has 2 aliphatic carbocycles. The third kappa shape index (κ3) is 1.59.